The van der Waals surface area contributed by atoms with Gasteiger partial charge in [0.2, 0.25) is 0 Å². The Balaban J connectivity index is 1.89. The van der Waals surface area contributed by atoms with Crippen molar-refractivity contribution in [2.45, 2.75) is 0 Å². The number of anilines is 4. The average Bonchev–Trinajstić information content (AvgIpc) is 2.70. The van der Waals surface area contributed by atoms with Crippen molar-refractivity contribution in [2.75, 3.05) is 76.1 Å². The summed E-state index contributed by atoms with van der Waals surface area (Å²) in [6.45, 7) is 8.37. The molecule has 2 aromatic carbocycles. The molecule has 2 rings (SSSR count). The third-order valence-electron chi connectivity index (χ3n) is 5.00. The van der Waals surface area contributed by atoms with Crippen LogP contribution in [0, 0.1) is 0 Å². The van der Waals surface area contributed by atoms with Crippen molar-refractivity contribution in [1.29, 1.82) is 0 Å². The van der Waals surface area contributed by atoms with Crippen molar-refractivity contribution >= 4 is 22.7 Å². The zero-order chi connectivity index (χ0) is 21.3. The van der Waals surface area contributed by atoms with Gasteiger partial charge in [-0.3, -0.25) is 0 Å². The number of nitrogens with two attached hydrogens (primary N) is 2. The maximum Gasteiger partial charge on any atom is 0.143 e. The molecular formula is C22H34N5O2+. The summed E-state index contributed by atoms with van der Waals surface area (Å²) >= 11 is 0. The highest BCUT2D eigenvalue weighted by atomic mass is 16.5. The van der Waals surface area contributed by atoms with Crippen LogP contribution in [0.25, 0.3) is 0 Å². The molecule has 0 saturated carbocycles. The van der Waals surface area contributed by atoms with E-state index in [2.05, 4.69) is 24.3 Å². The summed E-state index contributed by atoms with van der Waals surface area (Å²) in [5, 5.41) is 6.91. The molecule has 0 unspecified atom stereocenters. The summed E-state index contributed by atoms with van der Waals surface area (Å²) in [7, 11) is 5.48. The van der Waals surface area contributed by atoms with E-state index in [1.54, 1.807) is 14.2 Å². The van der Waals surface area contributed by atoms with Crippen LogP contribution in [0.3, 0.4) is 0 Å². The number of likely N-dealkylation sites (N-methyl/N-ethyl adjacent to an activating group) is 1. The Hall–Kier alpha value is -3.06. The third-order valence-corrected chi connectivity index (χ3v) is 5.00. The monoisotopic (exact) mass is 400 g/mol. The highest BCUT2D eigenvalue weighted by molar-refractivity contribution is 5.62. The Kier molecular flexibility index (Phi) is 8.03. The number of nitrogen functional groups attached to an aromatic ring is 2. The normalized spacial score (nSPS) is 11.0. The van der Waals surface area contributed by atoms with Gasteiger partial charge in [-0.15, -0.1) is 0 Å². The third kappa shape index (κ3) is 6.50. The van der Waals surface area contributed by atoms with Gasteiger partial charge < -0.3 is 36.1 Å². The first-order chi connectivity index (χ1) is 13.9. The van der Waals surface area contributed by atoms with E-state index >= 15 is 0 Å². The summed E-state index contributed by atoms with van der Waals surface area (Å²) in [5.41, 5.74) is 15.0. The van der Waals surface area contributed by atoms with Crippen LogP contribution in [0.5, 0.6) is 11.5 Å². The largest absolute Gasteiger partial charge is 0.495 e. The van der Waals surface area contributed by atoms with Crippen molar-refractivity contribution in [3.63, 3.8) is 0 Å². The van der Waals surface area contributed by atoms with Gasteiger partial charge in [0.15, 0.2) is 0 Å². The fraction of sp³-hybridized carbons (Fsp3) is 0.364. The van der Waals surface area contributed by atoms with Crippen LogP contribution < -0.4 is 31.6 Å². The Morgan fingerprint density at radius 2 is 1.34 bits per heavy atom. The molecule has 0 amide bonds. The first kappa shape index (κ1) is 22.2. The maximum absolute atomic E-state index is 5.88. The molecular weight excluding hydrogens is 366 g/mol. The minimum absolute atomic E-state index is 0.635. The summed E-state index contributed by atoms with van der Waals surface area (Å²) < 4.78 is 11.4. The van der Waals surface area contributed by atoms with Gasteiger partial charge in [-0.2, -0.15) is 0 Å². The van der Waals surface area contributed by atoms with Gasteiger partial charge in [0.25, 0.3) is 0 Å². The van der Waals surface area contributed by atoms with E-state index in [1.165, 1.54) is 0 Å². The van der Waals surface area contributed by atoms with Crippen LogP contribution in [0.4, 0.5) is 22.7 Å². The van der Waals surface area contributed by atoms with Crippen molar-refractivity contribution < 1.29 is 14.0 Å². The average molecular weight is 401 g/mol. The van der Waals surface area contributed by atoms with E-state index in [0.29, 0.717) is 22.9 Å². The van der Waals surface area contributed by atoms with Gasteiger partial charge in [0, 0.05) is 23.5 Å². The Morgan fingerprint density at radius 1 is 0.897 bits per heavy atom. The predicted octanol–water partition coefficient (Wildman–Crippen LogP) is 3.02. The van der Waals surface area contributed by atoms with Crippen molar-refractivity contribution in [1.82, 2.24) is 0 Å². The van der Waals surface area contributed by atoms with Crippen LogP contribution in [-0.4, -0.2) is 58.5 Å². The molecule has 0 aliphatic rings. The predicted molar refractivity (Wildman–Crippen MR) is 123 cm³/mol. The second kappa shape index (κ2) is 10.5. The minimum Gasteiger partial charge on any atom is -0.495 e. The molecule has 29 heavy (non-hydrogen) atoms. The summed E-state index contributed by atoms with van der Waals surface area (Å²) in [6, 6.07) is 11.5. The number of hydrogen-bond donors (Lipinski definition) is 4. The zero-order valence-corrected chi connectivity index (χ0v) is 17.7. The van der Waals surface area contributed by atoms with Crippen LogP contribution in [-0.2, 0) is 0 Å². The van der Waals surface area contributed by atoms with Gasteiger partial charge in [-0.25, -0.2) is 0 Å². The van der Waals surface area contributed by atoms with Gasteiger partial charge in [-0.05, 0) is 30.3 Å². The molecule has 0 spiro atoms. The number of nitrogens with one attached hydrogen (secondary N) is 2. The molecule has 2 aromatic rings. The smallest absolute Gasteiger partial charge is 0.143 e. The zero-order valence-electron chi connectivity index (χ0n) is 17.7. The second-order valence-electron chi connectivity index (χ2n) is 7.30. The second-order valence-corrected chi connectivity index (χ2v) is 7.30. The summed E-state index contributed by atoms with van der Waals surface area (Å²) in [4.78, 5) is 0. The van der Waals surface area contributed by atoms with E-state index in [0.717, 1.165) is 48.6 Å². The summed E-state index contributed by atoms with van der Waals surface area (Å²) in [6.07, 6.45) is 1.97. The molecule has 0 atom stereocenters. The van der Waals surface area contributed by atoms with Crippen LogP contribution in [0.15, 0.2) is 49.1 Å². The lowest BCUT2D eigenvalue weighted by atomic mass is 10.2. The highest BCUT2D eigenvalue weighted by Gasteiger charge is 2.19. The number of benzene rings is 2. The number of ether oxygens (including phenoxy) is 2. The first-order valence-corrected chi connectivity index (χ1v) is 9.70. The molecule has 7 heteroatoms. The number of quaternary nitrogens is 1. The molecule has 0 heterocycles. The molecule has 0 bridgehead atoms. The molecule has 7 nitrogen and oxygen atoms in total. The van der Waals surface area contributed by atoms with Crippen LogP contribution >= 0.6 is 0 Å². The Labute approximate surface area is 173 Å². The SMILES string of the molecule is C=CC[N+](C)(CCNc1ccc(N)c(OC)c1)CCNc1ccc(N)c(OC)c1. The number of hydrogen-bond acceptors (Lipinski definition) is 6. The summed E-state index contributed by atoms with van der Waals surface area (Å²) in [5.74, 6) is 1.36. The van der Waals surface area contributed by atoms with Crippen molar-refractivity contribution in [3.8, 4) is 11.5 Å². The van der Waals surface area contributed by atoms with E-state index in [4.69, 9.17) is 20.9 Å². The topological polar surface area (TPSA) is 94.6 Å². The molecule has 0 radical (unpaired) electrons. The van der Waals surface area contributed by atoms with Crippen molar-refractivity contribution in [2.24, 2.45) is 0 Å². The van der Waals surface area contributed by atoms with Gasteiger partial charge in [0.05, 0.1) is 65.4 Å². The Bertz CT molecular complexity index is 750. The van der Waals surface area contributed by atoms with Gasteiger partial charge in [0.1, 0.15) is 11.5 Å². The number of methoxy groups -OCH3 is 2. The highest BCUT2D eigenvalue weighted by Crippen LogP contribution is 2.25. The first-order valence-electron chi connectivity index (χ1n) is 9.70. The van der Waals surface area contributed by atoms with E-state index < -0.39 is 0 Å². The fourth-order valence-corrected chi connectivity index (χ4v) is 3.19. The van der Waals surface area contributed by atoms with Crippen molar-refractivity contribution in [3.05, 3.63) is 49.1 Å². The quantitative estimate of drug-likeness (QED) is 0.249. The molecule has 0 saturated heterocycles. The number of rotatable bonds is 12. The molecule has 0 aliphatic heterocycles. The Morgan fingerprint density at radius 3 is 1.72 bits per heavy atom. The van der Waals surface area contributed by atoms with Crippen LogP contribution in [0.1, 0.15) is 0 Å². The van der Waals surface area contributed by atoms with Crippen LogP contribution in [0.2, 0.25) is 0 Å². The maximum atomic E-state index is 5.88. The van der Waals surface area contributed by atoms with E-state index in [1.807, 2.05) is 42.5 Å². The molecule has 0 fully saturated rings. The van der Waals surface area contributed by atoms with E-state index in [-0.39, 0.29) is 0 Å². The number of nitrogens with zero attached hydrogens (tertiary/aromatic N) is 1. The van der Waals surface area contributed by atoms with E-state index in [9.17, 15) is 0 Å². The molecule has 6 N–H and O–H groups in total. The lowest BCUT2D eigenvalue weighted by Gasteiger charge is -2.34. The standard InChI is InChI=1S/C22H34N5O2/c1-5-12-27(2,13-10-25-17-6-8-19(23)21(15-17)28-3)14-11-26-18-7-9-20(24)22(16-18)29-4/h5-9,15-16,25-26H,1,10-14,23-24H2,2-4H3/q+1. The van der Waals surface area contributed by atoms with Gasteiger partial charge >= 0.3 is 0 Å². The minimum atomic E-state index is 0.635. The lowest BCUT2D eigenvalue weighted by Crippen LogP contribution is -2.49. The van der Waals surface area contributed by atoms with Gasteiger partial charge in [-0.1, -0.05) is 6.58 Å². The fourth-order valence-electron chi connectivity index (χ4n) is 3.19. The lowest BCUT2D eigenvalue weighted by molar-refractivity contribution is -0.900. The molecule has 0 aliphatic carbocycles. The molecule has 0 aromatic heterocycles. The molecule has 158 valence electrons.